The third kappa shape index (κ3) is 5.84. The van der Waals surface area contributed by atoms with Gasteiger partial charge in [0.1, 0.15) is 28.8 Å². The molecule has 0 unspecified atom stereocenters. The maximum atomic E-state index is 11.2. The minimum absolute atomic E-state index is 0.487. The van der Waals surface area contributed by atoms with Gasteiger partial charge in [-0.3, -0.25) is 0 Å². The fourth-order valence-electron chi connectivity index (χ4n) is 3.29. The smallest absolute Gasteiger partial charge is 0.347 e. The van der Waals surface area contributed by atoms with E-state index in [1.807, 2.05) is 24.3 Å². The molecule has 6 heteroatoms. The van der Waals surface area contributed by atoms with Gasteiger partial charge in [-0.05, 0) is 74.7 Å². The summed E-state index contributed by atoms with van der Waals surface area (Å²) >= 11 is 0. The van der Waals surface area contributed by atoms with Gasteiger partial charge in [0.25, 0.3) is 0 Å². The molecule has 0 bridgehead atoms. The van der Waals surface area contributed by atoms with Crippen LogP contribution in [0.15, 0.2) is 59.0 Å². The number of methoxy groups -OCH3 is 1. The van der Waals surface area contributed by atoms with Crippen molar-refractivity contribution < 1.29 is 28.5 Å². The Bertz CT molecular complexity index is 1030. The normalized spacial score (nSPS) is 11.2. The van der Waals surface area contributed by atoms with Crippen LogP contribution in [0.3, 0.4) is 0 Å². The van der Waals surface area contributed by atoms with Gasteiger partial charge in [-0.2, -0.15) is 0 Å². The van der Waals surface area contributed by atoms with Gasteiger partial charge in [0.2, 0.25) is 0 Å². The summed E-state index contributed by atoms with van der Waals surface area (Å²) in [6.07, 6.45) is 2.52. The van der Waals surface area contributed by atoms with Crippen molar-refractivity contribution in [3.05, 3.63) is 65.9 Å². The van der Waals surface area contributed by atoms with Crippen LogP contribution in [-0.4, -0.2) is 30.4 Å². The maximum absolute atomic E-state index is 11.2. The average molecular weight is 439 g/mol. The molecule has 1 aromatic heterocycles. The zero-order valence-electron chi connectivity index (χ0n) is 19.0. The van der Waals surface area contributed by atoms with E-state index in [9.17, 15) is 4.79 Å². The zero-order valence-corrected chi connectivity index (χ0v) is 19.0. The van der Waals surface area contributed by atoms with E-state index in [1.54, 1.807) is 31.4 Å². The lowest BCUT2D eigenvalue weighted by Crippen LogP contribution is -2.37. The predicted molar refractivity (Wildman–Crippen MR) is 123 cm³/mol. The number of aryl methyl sites for hydroxylation is 2. The molecule has 1 heterocycles. The molecule has 0 spiro atoms. The summed E-state index contributed by atoms with van der Waals surface area (Å²) in [7, 11) is 1.65. The second-order valence-electron chi connectivity index (χ2n) is 7.99. The molecule has 0 amide bonds. The van der Waals surface area contributed by atoms with Gasteiger partial charge >= 0.3 is 5.97 Å². The molecule has 3 rings (SSSR count). The maximum Gasteiger partial charge on any atom is 0.347 e. The van der Waals surface area contributed by atoms with E-state index >= 15 is 0 Å². The predicted octanol–water partition coefficient (Wildman–Crippen LogP) is 5.77. The zero-order chi connectivity index (χ0) is 23.1. The molecule has 0 aliphatic heterocycles. The summed E-state index contributed by atoms with van der Waals surface area (Å²) in [5.41, 5.74) is 0.900. The summed E-state index contributed by atoms with van der Waals surface area (Å²) in [6, 6.07) is 16.9. The fourth-order valence-corrected chi connectivity index (χ4v) is 3.29. The molecular formula is C26H30O6. The number of hydrogen-bond donors (Lipinski definition) is 1. The number of aliphatic carboxylic acids is 1. The molecule has 1 N–H and O–H groups in total. The highest BCUT2D eigenvalue weighted by Crippen LogP contribution is 2.29. The highest BCUT2D eigenvalue weighted by Gasteiger charge is 2.29. The van der Waals surface area contributed by atoms with Crippen LogP contribution >= 0.6 is 0 Å². The van der Waals surface area contributed by atoms with Crippen LogP contribution in [0.5, 0.6) is 17.2 Å². The average Bonchev–Trinajstić information content (AvgIpc) is 3.21. The van der Waals surface area contributed by atoms with Crippen molar-refractivity contribution in [1.29, 1.82) is 0 Å². The molecule has 0 saturated heterocycles. The number of carboxylic acid groups (broad SMARTS) is 1. The highest BCUT2D eigenvalue weighted by atomic mass is 16.5. The summed E-state index contributed by atoms with van der Waals surface area (Å²) in [6.45, 7) is 5.67. The Hall–Kier alpha value is -3.41. The van der Waals surface area contributed by atoms with Gasteiger partial charge < -0.3 is 23.7 Å². The number of ether oxygens (including phenoxy) is 3. The van der Waals surface area contributed by atoms with E-state index in [1.165, 1.54) is 19.4 Å². The topological polar surface area (TPSA) is 78.1 Å². The van der Waals surface area contributed by atoms with Gasteiger partial charge in [0.15, 0.2) is 5.60 Å². The van der Waals surface area contributed by atoms with Crippen LogP contribution in [0.4, 0.5) is 0 Å². The Morgan fingerprint density at radius 2 is 1.75 bits per heavy atom. The number of carbonyl (C=O) groups is 1. The van der Waals surface area contributed by atoms with Crippen LogP contribution in [0.2, 0.25) is 0 Å². The van der Waals surface area contributed by atoms with E-state index < -0.39 is 11.6 Å². The number of benzene rings is 2. The van der Waals surface area contributed by atoms with Crippen molar-refractivity contribution >= 4 is 5.97 Å². The molecule has 0 aliphatic carbocycles. The second-order valence-corrected chi connectivity index (χ2v) is 7.99. The first-order valence-electron chi connectivity index (χ1n) is 10.7. The van der Waals surface area contributed by atoms with Crippen molar-refractivity contribution in [1.82, 2.24) is 0 Å². The lowest BCUT2D eigenvalue weighted by atomic mass is 10.1. The molecule has 0 aliphatic rings. The summed E-state index contributed by atoms with van der Waals surface area (Å²) in [5, 5.41) is 9.16. The largest absolute Gasteiger partial charge is 0.497 e. The van der Waals surface area contributed by atoms with Gasteiger partial charge in [-0.25, -0.2) is 4.79 Å². The Morgan fingerprint density at radius 1 is 1.03 bits per heavy atom. The first kappa shape index (κ1) is 23.3. The van der Waals surface area contributed by atoms with E-state index in [-0.39, 0.29) is 0 Å². The third-order valence-corrected chi connectivity index (χ3v) is 5.14. The number of carboxylic acids is 1. The minimum Gasteiger partial charge on any atom is -0.497 e. The summed E-state index contributed by atoms with van der Waals surface area (Å²) < 4.78 is 22.7. The molecule has 0 radical (unpaired) electrons. The van der Waals surface area contributed by atoms with Crippen LogP contribution in [-0.2, 0) is 17.6 Å². The Kier molecular flexibility index (Phi) is 7.46. The third-order valence-electron chi connectivity index (χ3n) is 5.14. The minimum atomic E-state index is -1.28. The molecule has 170 valence electrons. The standard InChI is InChI=1S/C26H30O6/c1-5-23-19(17-24(31-23)18-8-6-10-22(16-18)29-4)9-7-15-30-20-11-13-21(14-12-20)32-26(2,3)25(27)28/h6,8,10-14,16-17H,5,7,9,15H2,1-4H3,(H,27,28). The molecule has 0 atom stereocenters. The second kappa shape index (κ2) is 10.3. The van der Waals surface area contributed by atoms with Gasteiger partial charge in [-0.1, -0.05) is 19.1 Å². The molecule has 0 fully saturated rings. The van der Waals surface area contributed by atoms with E-state index in [2.05, 4.69) is 13.0 Å². The number of furan rings is 1. The van der Waals surface area contributed by atoms with Crippen molar-refractivity contribution in [2.24, 2.45) is 0 Å². The highest BCUT2D eigenvalue weighted by molar-refractivity contribution is 5.76. The fraction of sp³-hybridized carbons (Fsp3) is 0.346. The first-order valence-corrected chi connectivity index (χ1v) is 10.7. The van der Waals surface area contributed by atoms with Gasteiger partial charge in [-0.15, -0.1) is 0 Å². The van der Waals surface area contributed by atoms with Crippen LogP contribution in [0.25, 0.3) is 11.3 Å². The Labute approximate surface area is 188 Å². The van der Waals surface area contributed by atoms with Crippen LogP contribution in [0.1, 0.15) is 38.5 Å². The number of hydrogen-bond acceptors (Lipinski definition) is 5. The van der Waals surface area contributed by atoms with Crippen molar-refractivity contribution in [3.8, 4) is 28.6 Å². The van der Waals surface area contributed by atoms with Crippen molar-refractivity contribution in [2.75, 3.05) is 13.7 Å². The Balaban J connectivity index is 1.54. The van der Waals surface area contributed by atoms with E-state index in [4.69, 9.17) is 23.7 Å². The van der Waals surface area contributed by atoms with Crippen molar-refractivity contribution in [3.63, 3.8) is 0 Å². The SMILES string of the molecule is CCc1oc(-c2cccc(OC)c2)cc1CCCOc1ccc(OC(C)(C)C(=O)O)cc1. The number of rotatable bonds is 11. The summed E-state index contributed by atoms with van der Waals surface area (Å²) in [4.78, 5) is 11.2. The lowest BCUT2D eigenvalue weighted by molar-refractivity contribution is -0.152. The molecule has 3 aromatic rings. The molecule has 0 saturated carbocycles. The molecular weight excluding hydrogens is 408 g/mol. The van der Waals surface area contributed by atoms with E-state index in [0.29, 0.717) is 18.1 Å². The first-order chi connectivity index (χ1) is 15.3. The van der Waals surface area contributed by atoms with Gasteiger partial charge in [0.05, 0.1) is 13.7 Å². The monoisotopic (exact) mass is 438 g/mol. The quantitative estimate of drug-likeness (QED) is 0.383. The van der Waals surface area contributed by atoms with E-state index in [0.717, 1.165) is 42.1 Å². The lowest BCUT2D eigenvalue weighted by Gasteiger charge is -2.21. The van der Waals surface area contributed by atoms with Crippen LogP contribution < -0.4 is 14.2 Å². The van der Waals surface area contributed by atoms with Crippen LogP contribution in [0, 0.1) is 0 Å². The molecule has 32 heavy (non-hydrogen) atoms. The molecule has 6 nitrogen and oxygen atoms in total. The Morgan fingerprint density at radius 3 is 2.41 bits per heavy atom. The summed E-state index contributed by atoms with van der Waals surface area (Å²) in [5.74, 6) is 2.82. The molecule has 2 aromatic carbocycles. The van der Waals surface area contributed by atoms with Gasteiger partial charge in [0, 0.05) is 12.0 Å². The van der Waals surface area contributed by atoms with Crippen molar-refractivity contribution in [2.45, 2.75) is 45.6 Å².